The highest BCUT2D eigenvalue weighted by atomic mass is 79.9. The normalized spacial score (nSPS) is 11.8. The van der Waals surface area contributed by atoms with Crippen LogP contribution in [0.15, 0.2) is 106 Å². The summed E-state index contributed by atoms with van der Waals surface area (Å²) in [6, 6.07) is 27.0. The molecule has 9 nitrogen and oxygen atoms in total. The molecule has 1 atom stereocenters. The van der Waals surface area contributed by atoms with E-state index in [9.17, 15) is 18.0 Å². The van der Waals surface area contributed by atoms with Gasteiger partial charge in [-0.05, 0) is 61.4 Å². The number of sulfonamides is 1. The lowest BCUT2D eigenvalue weighted by Crippen LogP contribution is -2.53. The van der Waals surface area contributed by atoms with E-state index in [0.717, 1.165) is 25.5 Å². The van der Waals surface area contributed by atoms with E-state index in [2.05, 4.69) is 21.2 Å². The fourth-order valence-corrected chi connectivity index (χ4v) is 6.66. The molecule has 242 valence electrons. The van der Waals surface area contributed by atoms with Crippen molar-refractivity contribution < 1.29 is 27.5 Å². The van der Waals surface area contributed by atoms with Gasteiger partial charge in [-0.3, -0.25) is 13.9 Å². The molecule has 0 saturated heterocycles. The summed E-state index contributed by atoms with van der Waals surface area (Å²) in [6.45, 7) is 3.48. The number of nitrogens with zero attached hydrogens (tertiary/aromatic N) is 2. The second-order valence-corrected chi connectivity index (χ2v) is 13.4. The number of methoxy groups -OCH3 is 2. The number of hydrogen-bond donors (Lipinski definition) is 1. The van der Waals surface area contributed by atoms with Crippen molar-refractivity contribution in [1.29, 1.82) is 0 Å². The number of ether oxygens (including phenoxy) is 2. The second kappa shape index (κ2) is 15.8. The Morgan fingerprint density at radius 3 is 2.15 bits per heavy atom. The second-order valence-electron chi connectivity index (χ2n) is 10.6. The molecule has 0 aliphatic carbocycles. The highest BCUT2D eigenvalue weighted by Crippen LogP contribution is 2.36. The Hall–Kier alpha value is -4.35. The van der Waals surface area contributed by atoms with Crippen LogP contribution in [0.25, 0.3) is 0 Å². The van der Waals surface area contributed by atoms with E-state index in [0.29, 0.717) is 12.3 Å². The average molecular weight is 709 g/mol. The summed E-state index contributed by atoms with van der Waals surface area (Å²) in [5, 5.41) is 2.87. The number of rotatable bonds is 14. The summed E-state index contributed by atoms with van der Waals surface area (Å²) >= 11 is 3.45. The zero-order valence-electron chi connectivity index (χ0n) is 26.3. The van der Waals surface area contributed by atoms with Gasteiger partial charge in [0.05, 0.1) is 24.8 Å². The van der Waals surface area contributed by atoms with Gasteiger partial charge in [-0.2, -0.15) is 0 Å². The Balaban J connectivity index is 1.85. The monoisotopic (exact) mass is 707 g/mol. The van der Waals surface area contributed by atoms with Gasteiger partial charge in [0.25, 0.3) is 10.0 Å². The quantitative estimate of drug-likeness (QED) is 0.179. The van der Waals surface area contributed by atoms with Gasteiger partial charge < -0.3 is 19.7 Å². The van der Waals surface area contributed by atoms with Gasteiger partial charge in [-0.1, -0.05) is 76.1 Å². The van der Waals surface area contributed by atoms with E-state index < -0.39 is 28.5 Å². The van der Waals surface area contributed by atoms with Crippen molar-refractivity contribution in [2.75, 3.05) is 31.6 Å². The molecule has 11 heteroatoms. The third kappa shape index (κ3) is 8.46. The lowest BCUT2D eigenvalue weighted by molar-refractivity contribution is -0.140. The topological polar surface area (TPSA) is 105 Å². The maximum atomic E-state index is 14.6. The summed E-state index contributed by atoms with van der Waals surface area (Å²) in [5.74, 6) is -0.309. The summed E-state index contributed by atoms with van der Waals surface area (Å²) in [4.78, 5) is 29.7. The van der Waals surface area contributed by atoms with Gasteiger partial charge in [-0.25, -0.2) is 8.42 Å². The van der Waals surface area contributed by atoms with Crippen LogP contribution in [-0.2, 0) is 32.6 Å². The van der Waals surface area contributed by atoms with Gasteiger partial charge in [-0.15, -0.1) is 0 Å². The number of hydrogen-bond acceptors (Lipinski definition) is 6. The molecule has 4 aromatic carbocycles. The van der Waals surface area contributed by atoms with E-state index in [4.69, 9.17) is 9.47 Å². The number of carbonyl (C=O) groups is 2. The molecule has 0 aromatic heterocycles. The smallest absolute Gasteiger partial charge is 0.264 e. The number of carbonyl (C=O) groups excluding carboxylic acids is 2. The number of anilines is 1. The van der Waals surface area contributed by atoms with E-state index >= 15 is 0 Å². The molecule has 0 heterocycles. The lowest BCUT2D eigenvalue weighted by atomic mass is 10.0. The van der Waals surface area contributed by atoms with Crippen molar-refractivity contribution in [2.24, 2.45) is 0 Å². The first-order chi connectivity index (χ1) is 22.1. The Kier molecular flexibility index (Phi) is 11.8. The zero-order valence-corrected chi connectivity index (χ0v) is 28.7. The van der Waals surface area contributed by atoms with Crippen molar-refractivity contribution in [3.05, 3.63) is 118 Å². The Morgan fingerprint density at radius 1 is 0.870 bits per heavy atom. The molecule has 1 N–H and O–H groups in total. The number of amides is 2. The average Bonchev–Trinajstić information content (AvgIpc) is 3.06. The number of aryl methyl sites for hydroxylation is 1. The molecule has 46 heavy (non-hydrogen) atoms. The van der Waals surface area contributed by atoms with Crippen LogP contribution in [0.4, 0.5) is 5.69 Å². The van der Waals surface area contributed by atoms with Crippen LogP contribution in [-0.4, -0.2) is 58.5 Å². The van der Waals surface area contributed by atoms with Gasteiger partial charge in [0, 0.05) is 30.0 Å². The van der Waals surface area contributed by atoms with Crippen LogP contribution in [0, 0.1) is 6.92 Å². The molecule has 0 saturated carbocycles. The van der Waals surface area contributed by atoms with Crippen molar-refractivity contribution in [3.8, 4) is 11.5 Å². The zero-order chi connectivity index (χ0) is 33.3. The molecule has 2 amide bonds. The van der Waals surface area contributed by atoms with E-state index in [-0.39, 0.29) is 35.2 Å². The minimum atomic E-state index is -4.31. The predicted molar refractivity (Wildman–Crippen MR) is 183 cm³/mol. The summed E-state index contributed by atoms with van der Waals surface area (Å²) < 4.78 is 41.5. The van der Waals surface area contributed by atoms with Crippen molar-refractivity contribution in [3.63, 3.8) is 0 Å². The molecule has 0 fully saturated rings. The summed E-state index contributed by atoms with van der Waals surface area (Å²) in [7, 11) is -1.41. The molecular formula is C35H38BrN3O6S. The van der Waals surface area contributed by atoms with E-state index in [1.54, 1.807) is 24.3 Å². The number of nitrogens with one attached hydrogen (secondary N) is 1. The molecule has 0 aliphatic rings. The van der Waals surface area contributed by atoms with Crippen LogP contribution in [0.1, 0.15) is 23.6 Å². The first-order valence-electron chi connectivity index (χ1n) is 14.7. The minimum absolute atomic E-state index is 0.000191. The van der Waals surface area contributed by atoms with Crippen LogP contribution in [0.3, 0.4) is 0 Å². The Labute approximate surface area is 279 Å². The van der Waals surface area contributed by atoms with Crippen LogP contribution in [0.2, 0.25) is 0 Å². The highest BCUT2D eigenvalue weighted by Gasteiger charge is 2.35. The van der Waals surface area contributed by atoms with Crippen LogP contribution in [0.5, 0.6) is 11.5 Å². The minimum Gasteiger partial charge on any atom is -0.497 e. The van der Waals surface area contributed by atoms with Crippen LogP contribution < -0.4 is 19.1 Å². The van der Waals surface area contributed by atoms with Gasteiger partial charge in [0.2, 0.25) is 11.8 Å². The first-order valence-corrected chi connectivity index (χ1v) is 17.0. The maximum Gasteiger partial charge on any atom is 0.264 e. The fourth-order valence-electron chi connectivity index (χ4n) is 4.97. The standard InChI is InChI=1S/C35H38BrN3O6S/c1-5-37-35(41)32(21-26-9-7-6-8-10-26)38(23-27-13-15-28(36)16-14-27)34(40)24-39(31-22-29(44-3)17-20-33(31)45-4)46(42,43)30-18-11-25(2)12-19-30/h6-20,22,32H,5,21,23-24H2,1-4H3,(H,37,41)/t32-/m1/s1. The third-order valence-electron chi connectivity index (χ3n) is 7.43. The number of likely N-dealkylation sites (N-methyl/N-ethyl adjacent to an activating group) is 1. The third-order valence-corrected chi connectivity index (χ3v) is 9.73. The summed E-state index contributed by atoms with van der Waals surface area (Å²) in [5.41, 5.74) is 2.63. The molecule has 0 aliphatic heterocycles. The van der Waals surface area contributed by atoms with E-state index in [1.807, 2.05) is 68.4 Å². The summed E-state index contributed by atoms with van der Waals surface area (Å²) in [6.07, 6.45) is 0.224. The molecule has 0 spiro atoms. The van der Waals surface area contributed by atoms with Crippen molar-refractivity contribution >= 4 is 43.5 Å². The van der Waals surface area contributed by atoms with Crippen LogP contribution >= 0.6 is 15.9 Å². The molecule has 4 rings (SSSR count). The molecule has 0 radical (unpaired) electrons. The van der Waals surface area contributed by atoms with Crippen molar-refractivity contribution in [2.45, 2.75) is 37.8 Å². The largest absolute Gasteiger partial charge is 0.497 e. The molecule has 0 bridgehead atoms. The number of halogens is 1. The predicted octanol–water partition coefficient (Wildman–Crippen LogP) is 5.75. The van der Waals surface area contributed by atoms with Gasteiger partial charge in [0.15, 0.2) is 0 Å². The van der Waals surface area contributed by atoms with Gasteiger partial charge in [0.1, 0.15) is 24.1 Å². The maximum absolute atomic E-state index is 14.6. The Morgan fingerprint density at radius 2 is 1.54 bits per heavy atom. The van der Waals surface area contributed by atoms with Crippen molar-refractivity contribution in [1.82, 2.24) is 10.2 Å². The Bertz CT molecular complexity index is 1730. The van der Waals surface area contributed by atoms with E-state index in [1.165, 1.54) is 37.3 Å². The SMILES string of the molecule is CCNC(=O)[C@@H](Cc1ccccc1)N(Cc1ccc(Br)cc1)C(=O)CN(c1cc(OC)ccc1OC)S(=O)(=O)c1ccc(C)cc1. The molecule has 0 unspecified atom stereocenters. The molecular weight excluding hydrogens is 670 g/mol. The fraction of sp³-hybridized carbons (Fsp3) is 0.257. The van der Waals surface area contributed by atoms with Gasteiger partial charge >= 0.3 is 0 Å². The molecule has 4 aromatic rings. The number of benzene rings is 4. The first kappa shape index (κ1) is 34.5. The highest BCUT2D eigenvalue weighted by molar-refractivity contribution is 9.10. The lowest BCUT2D eigenvalue weighted by Gasteiger charge is -2.34.